The van der Waals surface area contributed by atoms with Gasteiger partial charge in [0.05, 0.1) is 5.54 Å². The summed E-state index contributed by atoms with van der Waals surface area (Å²) < 4.78 is 5.44. The van der Waals surface area contributed by atoms with E-state index in [1.807, 2.05) is 18.7 Å². The maximum atomic E-state index is 12.3. The molecule has 0 spiro atoms. The van der Waals surface area contributed by atoms with Crippen molar-refractivity contribution in [2.24, 2.45) is 0 Å². The molecule has 0 aliphatic carbocycles. The summed E-state index contributed by atoms with van der Waals surface area (Å²) in [5.74, 6) is -0.00880. The fraction of sp³-hybridized carbons (Fsp3) is 0.714. The number of piperazine rings is 1. The van der Waals surface area contributed by atoms with Gasteiger partial charge in [-0.15, -0.1) is 0 Å². The van der Waals surface area contributed by atoms with Gasteiger partial charge < -0.3 is 14.5 Å². The molecule has 0 aromatic carbocycles. The minimum absolute atomic E-state index is 0.0660. The molecule has 2 aliphatic rings. The van der Waals surface area contributed by atoms with Crippen molar-refractivity contribution in [1.29, 1.82) is 0 Å². The standard InChI is InChI=1S/C14H22N2O3/c1-4-12(17)16-8-7-15(10-14(16,2)3)13(18)11-6-5-9-19-11/h4,11H,1,5-10H2,2-3H3/t11-/m0/s1. The normalized spacial score (nSPS) is 26.3. The highest BCUT2D eigenvalue weighted by Gasteiger charge is 2.39. The van der Waals surface area contributed by atoms with Crippen LogP contribution in [0.25, 0.3) is 0 Å². The zero-order valence-electron chi connectivity index (χ0n) is 11.7. The summed E-state index contributed by atoms with van der Waals surface area (Å²) in [5.41, 5.74) is -0.363. The van der Waals surface area contributed by atoms with Crippen LogP contribution in [-0.4, -0.2) is 59.5 Å². The molecule has 2 fully saturated rings. The molecule has 5 heteroatoms. The van der Waals surface area contributed by atoms with E-state index in [0.29, 0.717) is 26.2 Å². The minimum atomic E-state index is -0.363. The molecule has 2 saturated heterocycles. The first-order valence-corrected chi connectivity index (χ1v) is 6.80. The number of carbonyl (C=O) groups is 2. The van der Waals surface area contributed by atoms with E-state index in [9.17, 15) is 9.59 Å². The maximum absolute atomic E-state index is 12.3. The Kier molecular flexibility index (Phi) is 3.94. The average Bonchev–Trinajstić information content (AvgIpc) is 2.89. The molecule has 0 radical (unpaired) electrons. The van der Waals surface area contributed by atoms with Crippen LogP contribution in [0.5, 0.6) is 0 Å². The van der Waals surface area contributed by atoms with Crippen molar-refractivity contribution >= 4 is 11.8 Å². The van der Waals surface area contributed by atoms with Gasteiger partial charge in [-0.1, -0.05) is 6.58 Å². The molecule has 106 valence electrons. The van der Waals surface area contributed by atoms with Crippen molar-refractivity contribution < 1.29 is 14.3 Å². The summed E-state index contributed by atoms with van der Waals surface area (Å²) in [6, 6.07) is 0. The lowest BCUT2D eigenvalue weighted by atomic mass is 9.98. The van der Waals surface area contributed by atoms with Gasteiger partial charge in [-0.05, 0) is 32.8 Å². The van der Waals surface area contributed by atoms with Gasteiger partial charge in [0.25, 0.3) is 5.91 Å². The number of hydrogen-bond donors (Lipinski definition) is 0. The van der Waals surface area contributed by atoms with E-state index in [2.05, 4.69) is 6.58 Å². The van der Waals surface area contributed by atoms with Crippen LogP contribution in [0.3, 0.4) is 0 Å². The fourth-order valence-corrected chi connectivity index (χ4v) is 2.84. The van der Waals surface area contributed by atoms with E-state index in [4.69, 9.17) is 4.74 Å². The van der Waals surface area contributed by atoms with E-state index in [1.54, 1.807) is 4.90 Å². The van der Waals surface area contributed by atoms with Gasteiger partial charge >= 0.3 is 0 Å². The van der Waals surface area contributed by atoms with Crippen LogP contribution in [0.4, 0.5) is 0 Å². The third-order valence-electron chi connectivity index (χ3n) is 3.86. The molecule has 0 N–H and O–H groups in total. The minimum Gasteiger partial charge on any atom is -0.368 e. The van der Waals surface area contributed by atoms with Crippen LogP contribution in [0.1, 0.15) is 26.7 Å². The highest BCUT2D eigenvalue weighted by molar-refractivity contribution is 5.88. The summed E-state index contributed by atoms with van der Waals surface area (Å²) in [5, 5.41) is 0. The largest absolute Gasteiger partial charge is 0.368 e. The van der Waals surface area contributed by atoms with Crippen molar-refractivity contribution in [3.05, 3.63) is 12.7 Å². The van der Waals surface area contributed by atoms with Crippen LogP contribution >= 0.6 is 0 Å². The highest BCUT2D eigenvalue weighted by atomic mass is 16.5. The summed E-state index contributed by atoms with van der Waals surface area (Å²) in [4.78, 5) is 27.7. The Morgan fingerprint density at radius 1 is 1.37 bits per heavy atom. The van der Waals surface area contributed by atoms with E-state index in [1.165, 1.54) is 6.08 Å². The summed E-state index contributed by atoms with van der Waals surface area (Å²) in [6.07, 6.45) is 2.82. The molecule has 2 rings (SSSR count). The maximum Gasteiger partial charge on any atom is 0.251 e. The lowest BCUT2D eigenvalue weighted by molar-refractivity contribution is -0.150. The number of ether oxygens (including phenoxy) is 1. The Morgan fingerprint density at radius 3 is 2.63 bits per heavy atom. The van der Waals surface area contributed by atoms with Gasteiger partial charge in [0.2, 0.25) is 5.91 Å². The lowest BCUT2D eigenvalue weighted by Gasteiger charge is -2.47. The predicted octanol–water partition coefficient (Wildman–Crippen LogP) is 0.801. The zero-order valence-corrected chi connectivity index (χ0v) is 11.7. The number of hydrogen-bond acceptors (Lipinski definition) is 3. The van der Waals surface area contributed by atoms with Crippen LogP contribution in [-0.2, 0) is 14.3 Å². The van der Waals surface area contributed by atoms with Crippen molar-refractivity contribution in [1.82, 2.24) is 9.80 Å². The second-order valence-electron chi connectivity index (χ2n) is 5.77. The third kappa shape index (κ3) is 2.81. The Morgan fingerprint density at radius 2 is 2.11 bits per heavy atom. The van der Waals surface area contributed by atoms with Crippen molar-refractivity contribution in [3.63, 3.8) is 0 Å². The van der Waals surface area contributed by atoms with E-state index in [0.717, 1.165) is 12.8 Å². The Balaban J connectivity index is 2.02. The van der Waals surface area contributed by atoms with Crippen molar-refractivity contribution in [2.75, 3.05) is 26.2 Å². The predicted molar refractivity (Wildman–Crippen MR) is 71.5 cm³/mol. The SMILES string of the molecule is C=CC(=O)N1CCN(C(=O)[C@@H]2CCCO2)CC1(C)C. The quantitative estimate of drug-likeness (QED) is 0.695. The van der Waals surface area contributed by atoms with E-state index >= 15 is 0 Å². The number of carbonyl (C=O) groups excluding carboxylic acids is 2. The van der Waals surface area contributed by atoms with Crippen LogP contribution < -0.4 is 0 Å². The Labute approximate surface area is 114 Å². The molecule has 0 unspecified atom stereocenters. The van der Waals surface area contributed by atoms with Crippen LogP contribution in [0.2, 0.25) is 0 Å². The van der Waals surface area contributed by atoms with Gasteiger partial charge in [0.1, 0.15) is 6.10 Å². The molecule has 19 heavy (non-hydrogen) atoms. The molecule has 1 atom stereocenters. The molecule has 0 saturated carbocycles. The van der Waals surface area contributed by atoms with Gasteiger partial charge in [-0.2, -0.15) is 0 Å². The molecule has 0 bridgehead atoms. The molecule has 0 aromatic rings. The topological polar surface area (TPSA) is 49.9 Å². The van der Waals surface area contributed by atoms with Gasteiger partial charge in [-0.25, -0.2) is 0 Å². The van der Waals surface area contributed by atoms with Crippen LogP contribution in [0, 0.1) is 0 Å². The molecular weight excluding hydrogens is 244 g/mol. The first-order valence-electron chi connectivity index (χ1n) is 6.80. The smallest absolute Gasteiger partial charge is 0.251 e. The molecule has 2 amide bonds. The lowest BCUT2D eigenvalue weighted by Crippen LogP contribution is -2.62. The third-order valence-corrected chi connectivity index (χ3v) is 3.86. The second kappa shape index (κ2) is 5.33. The Hall–Kier alpha value is -1.36. The molecule has 0 aromatic heterocycles. The molecule has 2 heterocycles. The van der Waals surface area contributed by atoms with Crippen molar-refractivity contribution in [2.45, 2.75) is 38.3 Å². The number of rotatable bonds is 2. The fourth-order valence-electron chi connectivity index (χ4n) is 2.84. The summed E-state index contributed by atoms with van der Waals surface area (Å²) >= 11 is 0. The second-order valence-corrected chi connectivity index (χ2v) is 5.77. The monoisotopic (exact) mass is 266 g/mol. The highest BCUT2D eigenvalue weighted by Crippen LogP contribution is 2.24. The van der Waals surface area contributed by atoms with Crippen LogP contribution in [0.15, 0.2) is 12.7 Å². The number of nitrogens with zero attached hydrogens (tertiary/aromatic N) is 2. The molecule has 2 aliphatic heterocycles. The van der Waals surface area contributed by atoms with E-state index < -0.39 is 0 Å². The van der Waals surface area contributed by atoms with Crippen molar-refractivity contribution in [3.8, 4) is 0 Å². The average molecular weight is 266 g/mol. The Bertz CT molecular complexity index is 386. The zero-order chi connectivity index (χ0) is 14.0. The van der Waals surface area contributed by atoms with E-state index in [-0.39, 0.29) is 23.5 Å². The summed E-state index contributed by atoms with van der Waals surface area (Å²) in [7, 11) is 0. The number of amides is 2. The van der Waals surface area contributed by atoms with Gasteiger partial charge in [0.15, 0.2) is 0 Å². The first-order chi connectivity index (χ1) is 8.95. The van der Waals surface area contributed by atoms with Gasteiger partial charge in [0, 0.05) is 26.2 Å². The van der Waals surface area contributed by atoms with Gasteiger partial charge in [-0.3, -0.25) is 9.59 Å². The molecule has 5 nitrogen and oxygen atoms in total. The summed E-state index contributed by atoms with van der Waals surface area (Å²) in [6.45, 7) is 9.82. The first kappa shape index (κ1) is 14.1. The molecular formula is C14H22N2O3.